The Labute approximate surface area is 324 Å². The van der Waals surface area contributed by atoms with E-state index >= 15 is 0 Å². The summed E-state index contributed by atoms with van der Waals surface area (Å²) in [6.07, 6.45) is 0. The average Bonchev–Trinajstić information content (AvgIpc) is 3.79. The zero-order valence-electron chi connectivity index (χ0n) is 30.4. The van der Waals surface area contributed by atoms with Gasteiger partial charge in [-0.05, 0) is 59.7 Å². The molecule has 0 N–H and O–H groups in total. The molecule has 56 heavy (non-hydrogen) atoms. The summed E-state index contributed by atoms with van der Waals surface area (Å²) in [5.74, 6) is 0.698. The van der Waals surface area contributed by atoms with Gasteiger partial charge in [-0.1, -0.05) is 158 Å². The van der Waals surface area contributed by atoms with Crippen LogP contribution in [-0.2, 0) is 0 Å². The quantitative estimate of drug-likeness (QED) is 0.172. The van der Waals surface area contributed by atoms with Crippen LogP contribution >= 0.6 is 0 Å². The first-order valence-electron chi connectivity index (χ1n) is 19.0. The Hall–Kier alpha value is -7.56. The molecule has 11 aromatic rings. The Balaban J connectivity index is 1.11. The van der Waals surface area contributed by atoms with Crippen molar-refractivity contribution in [3.8, 4) is 56.4 Å². The van der Waals surface area contributed by atoms with Crippen molar-refractivity contribution in [2.45, 2.75) is 0 Å². The van der Waals surface area contributed by atoms with Gasteiger partial charge in [0.05, 0.1) is 44.8 Å². The number of benzene rings is 8. The van der Waals surface area contributed by atoms with Gasteiger partial charge in [-0.15, -0.1) is 0 Å². The van der Waals surface area contributed by atoms with E-state index in [1.807, 2.05) is 12.1 Å². The molecule has 0 saturated heterocycles. The van der Waals surface area contributed by atoms with Gasteiger partial charge in [0, 0.05) is 38.2 Å². The Kier molecular flexibility index (Phi) is 7.46. The summed E-state index contributed by atoms with van der Waals surface area (Å²) in [5, 5.41) is 4.89. The molecule has 4 heteroatoms. The monoisotopic (exact) mass is 714 g/mol. The maximum atomic E-state index is 5.20. The second-order valence-electron chi connectivity index (χ2n) is 14.2. The largest absolute Gasteiger partial charge is 0.307 e. The van der Waals surface area contributed by atoms with Crippen LogP contribution in [0.2, 0.25) is 0 Å². The van der Waals surface area contributed by atoms with Crippen molar-refractivity contribution in [2.24, 2.45) is 0 Å². The molecule has 0 unspecified atom stereocenters. The lowest BCUT2D eigenvalue weighted by atomic mass is 9.97. The first-order valence-corrected chi connectivity index (χ1v) is 19.0. The summed E-state index contributed by atoms with van der Waals surface area (Å²) in [6, 6.07) is 73.1. The van der Waals surface area contributed by atoms with E-state index in [1.54, 1.807) is 0 Å². The van der Waals surface area contributed by atoms with E-state index in [-0.39, 0.29) is 0 Å². The summed E-state index contributed by atoms with van der Waals surface area (Å²) >= 11 is 0. The first-order chi connectivity index (χ1) is 27.8. The van der Waals surface area contributed by atoms with Crippen LogP contribution in [0.1, 0.15) is 0 Å². The Morgan fingerprint density at radius 2 is 0.696 bits per heavy atom. The normalized spacial score (nSPS) is 11.6. The Morgan fingerprint density at radius 3 is 1.23 bits per heavy atom. The molecule has 0 spiro atoms. The molecule has 0 aliphatic carbocycles. The molecule has 4 nitrogen and oxygen atoms in total. The van der Waals surface area contributed by atoms with Crippen molar-refractivity contribution in [3.63, 3.8) is 0 Å². The highest BCUT2D eigenvalue weighted by molar-refractivity contribution is 6.12. The van der Waals surface area contributed by atoms with E-state index in [0.29, 0.717) is 5.82 Å². The van der Waals surface area contributed by atoms with Crippen LogP contribution in [-0.4, -0.2) is 19.1 Å². The smallest absolute Gasteiger partial charge is 0.161 e. The fourth-order valence-electron chi connectivity index (χ4n) is 8.44. The van der Waals surface area contributed by atoms with Gasteiger partial charge in [0.1, 0.15) is 0 Å². The number of aromatic nitrogens is 4. The van der Waals surface area contributed by atoms with Crippen LogP contribution in [0.4, 0.5) is 0 Å². The van der Waals surface area contributed by atoms with Gasteiger partial charge < -0.3 is 9.13 Å². The fourth-order valence-corrected chi connectivity index (χ4v) is 8.44. The molecule has 0 atom stereocenters. The van der Waals surface area contributed by atoms with Crippen LogP contribution in [0, 0.1) is 0 Å². The maximum Gasteiger partial charge on any atom is 0.161 e. The number of fused-ring (bicyclic) bond motifs is 6. The third-order valence-electron chi connectivity index (χ3n) is 11.0. The van der Waals surface area contributed by atoms with Crippen molar-refractivity contribution >= 4 is 43.6 Å². The first kappa shape index (κ1) is 31.9. The molecule has 0 amide bonds. The number of para-hydroxylation sites is 5. The van der Waals surface area contributed by atoms with Gasteiger partial charge >= 0.3 is 0 Å². The lowest BCUT2D eigenvalue weighted by Crippen LogP contribution is -2.03. The molecule has 0 aliphatic rings. The van der Waals surface area contributed by atoms with Crippen molar-refractivity contribution in [1.29, 1.82) is 0 Å². The van der Waals surface area contributed by atoms with E-state index in [0.717, 1.165) is 61.6 Å². The average molecular weight is 715 g/mol. The molecule has 262 valence electrons. The summed E-state index contributed by atoms with van der Waals surface area (Å²) < 4.78 is 4.84. The highest BCUT2D eigenvalue weighted by Gasteiger charge is 2.20. The Morgan fingerprint density at radius 1 is 0.286 bits per heavy atom. The number of hydrogen-bond donors (Lipinski definition) is 0. The van der Waals surface area contributed by atoms with E-state index in [9.17, 15) is 0 Å². The summed E-state index contributed by atoms with van der Waals surface area (Å²) in [7, 11) is 0. The second kappa shape index (κ2) is 13.1. The molecule has 8 aromatic carbocycles. The van der Waals surface area contributed by atoms with Crippen LogP contribution < -0.4 is 0 Å². The highest BCUT2D eigenvalue weighted by atomic mass is 15.1. The minimum absolute atomic E-state index is 0.698. The van der Waals surface area contributed by atoms with Crippen LogP contribution in [0.3, 0.4) is 0 Å². The zero-order valence-corrected chi connectivity index (χ0v) is 30.4. The molecule has 3 aromatic heterocycles. The number of nitrogens with zero attached hydrogens (tertiary/aromatic N) is 4. The van der Waals surface area contributed by atoms with E-state index in [2.05, 4.69) is 203 Å². The van der Waals surface area contributed by atoms with Crippen molar-refractivity contribution in [2.75, 3.05) is 0 Å². The third kappa shape index (κ3) is 5.15. The van der Waals surface area contributed by atoms with Crippen molar-refractivity contribution < 1.29 is 0 Å². The molecule has 11 rings (SSSR count). The minimum atomic E-state index is 0.698. The van der Waals surface area contributed by atoms with E-state index in [4.69, 9.17) is 9.97 Å². The van der Waals surface area contributed by atoms with Crippen LogP contribution in [0.25, 0.3) is 100 Å². The van der Waals surface area contributed by atoms with Gasteiger partial charge in [0.25, 0.3) is 0 Å². The fraction of sp³-hybridized carbons (Fsp3) is 0. The molecular weight excluding hydrogens is 681 g/mol. The van der Waals surface area contributed by atoms with Gasteiger partial charge in [-0.25, -0.2) is 9.97 Å². The van der Waals surface area contributed by atoms with Crippen LogP contribution in [0.5, 0.6) is 0 Å². The van der Waals surface area contributed by atoms with E-state index < -0.39 is 0 Å². The van der Waals surface area contributed by atoms with E-state index in [1.165, 1.54) is 32.6 Å². The standard InChI is InChI=1S/C52H34N4/c1-3-17-35(18-4-1)44-34-45(36-19-5-2-6-20-36)54-52(53-44)42-25-8-7-21-38(42)37-31-32-49-43(33-37)41-24-11-14-28-48(41)56(49)51-30-16-15-29-50(51)55-46-26-12-9-22-39(46)40-23-10-13-27-47(40)55/h1-34H. The predicted molar refractivity (Wildman–Crippen MR) is 232 cm³/mol. The predicted octanol–water partition coefficient (Wildman–Crippen LogP) is 13.3. The van der Waals surface area contributed by atoms with Gasteiger partial charge in [0.2, 0.25) is 0 Å². The van der Waals surface area contributed by atoms with Crippen LogP contribution in [0.15, 0.2) is 206 Å². The molecule has 0 fully saturated rings. The molecule has 0 radical (unpaired) electrons. The summed E-state index contributed by atoms with van der Waals surface area (Å²) in [6.45, 7) is 0. The van der Waals surface area contributed by atoms with Gasteiger partial charge in [-0.3, -0.25) is 0 Å². The maximum absolute atomic E-state index is 5.20. The molecule has 3 heterocycles. The zero-order chi connectivity index (χ0) is 37.0. The number of rotatable bonds is 6. The molecule has 0 bridgehead atoms. The van der Waals surface area contributed by atoms with Crippen molar-refractivity contribution in [1.82, 2.24) is 19.1 Å². The SMILES string of the molecule is c1ccc(-c2cc(-c3ccccc3)nc(-c3ccccc3-c3ccc4c(c3)c3ccccc3n4-c3ccccc3-n3c4ccccc4c4ccccc43)n2)cc1. The third-order valence-corrected chi connectivity index (χ3v) is 11.0. The Bertz CT molecular complexity index is 3140. The summed E-state index contributed by atoms with van der Waals surface area (Å²) in [4.78, 5) is 10.4. The molecular formula is C52H34N4. The summed E-state index contributed by atoms with van der Waals surface area (Å²) in [5.41, 5.74) is 14.0. The molecule has 0 aliphatic heterocycles. The van der Waals surface area contributed by atoms with Gasteiger partial charge in [0.15, 0.2) is 5.82 Å². The minimum Gasteiger partial charge on any atom is -0.307 e. The van der Waals surface area contributed by atoms with Gasteiger partial charge in [-0.2, -0.15) is 0 Å². The van der Waals surface area contributed by atoms with Crippen molar-refractivity contribution in [3.05, 3.63) is 206 Å². The molecule has 0 saturated carbocycles. The lowest BCUT2D eigenvalue weighted by Gasteiger charge is -2.17. The topological polar surface area (TPSA) is 35.6 Å². The lowest BCUT2D eigenvalue weighted by molar-refractivity contribution is 1.10. The highest BCUT2D eigenvalue weighted by Crippen LogP contribution is 2.41. The second-order valence-corrected chi connectivity index (χ2v) is 14.2. The number of hydrogen-bond acceptors (Lipinski definition) is 2.